The van der Waals surface area contributed by atoms with Gasteiger partial charge in [0, 0.05) is 0 Å². The summed E-state index contributed by atoms with van der Waals surface area (Å²) < 4.78 is 41.8. The van der Waals surface area contributed by atoms with Crippen LogP contribution in [0.1, 0.15) is 11.1 Å². The second-order valence-electron chi connectivity index (χ2n) is 5.48. The molecule has 1 saturated heterocycles. The Morgan fingerprint density at radius 1 is 0.957 bits per heavy atom. The van der Waals surface area contributed by atoms with Crippen molar-refractivity contribution in [1.82, 2.24) is 0 Å². The summed E-state index contributed by atoms with van der Waals surface area (Å²) in [5.41, 5.74) is 1.88. The van der Waals surface area contributed by atoms with Crippen molar-refractivity contribution < 1.29 is 23.0 Å². The van der Waals surface area contributed by atoms with Crippen molar-refractivity contribution in [3.05, 3.63) is 65.2 Å². The van der Waals surface area contributed by atoms with Gasteiger partial charge in [-0.3, -0.25) is 0 Å². The Kier molecular flexibility index (Phi) is 5.20. The number of hydrogen-bond donors (Lipinski definition) is 0. The van der Waals surface area contributed by atoms with Crippen molar-refractivity contribution in [3.8, 4) is 5.75 Å². The molecule has 0 aromatic heterocycles. The number of ether oxygens (including phenoxy) is 3. The zero-order valence-electron chi connectivity index (χ0n) is 12.6. The van der Waals surface area contributed by atoms with Crippen LogP contribution in [0.2, 0.25) is 0 Å². The standard InChI is InChI=1S/C18H18F2O3/c19-17-8-5-14(9-18(17)20)2-1-13-3-6-15(7-4-13)23-12-21-10-16-11-22-16/h3-9,16H,1-2,10-12H2. The van der Waals surface area contributed by atoms with Crippen LogP contribution in [0.15, 0.2) is 42.5 Å². The van der Waals surface area contributed by atoms with E-state index >= 15 is 0 Å². The zero-order valence-corrected chi connectivity index (χ0v) is 12.6. The summed E-state index contributed by atoms with van der Waals surface area (Å²) in [5, 5.41) is 0. The van der Waals surface area contributed by atoms with Gasteiger partial charge in [0.2, 0.25) is 0 Å². The van der Waals surface area contributed by atoms with E-state index in [-0.39, 0.29) is 12.9 Å². The second-order valence-corrected chi connectivity index (χ2v) is 5.48. The summed E-state index contributed by atoms with van der Waals surface area (Å²) in [5.74, 6) is -0.883. The summed E-state index contributed by atoms with van der Waals surface area (Å²) in [7, 11) is 0. The van der Waals surface area contributed by atoms with Gasteiger partial charge < -0.3 is 14.2 Å². The van der Waals surface area contributed by atoms with Crippen molar-refractivity contribution in [3.63, 3.8) is 0 Å². The molecule has 122 valence electrons. The topological polar surface area (TPSA) is 31.0 Å². The van der Waals surface area contributed by atoms with Crippen LogP contribution in [0.3, 0.4) is 0 Å². The minimum Gasteiger partial charge on any atom is -0.468 e. The molecule has 0 aliphatic carbocycles. The smallest absolute Gasteiger partial charge is 0.189 e. The van der Waals surface area contributed by atoms with Crippen LogP contribution >= 0.6 is 0 Å². The molecule has 1 aliphatic heterocycles. The molecule has 0 radical (unpaired) electrons. The molecule has 0 N–H and O–H groups in total. The van der Waals surface area contributed by atoms with E-state index in [1.54, 1.807) is 6.07 Å². The SMILES string of the molecule is Fc1ccc(CCc2ccc(OCOCC3CO3)cc2)cc1F. The fourth-order valence-electron chi connectivity index (χ4n) is 2.19. The number of benzene rings is 2. The molecule has 1 unspecified atom stereocenters. The third-order valence-electron chi connectivity index (χ3n) is 3.62. The molecular weight excluding hydrogens is 302 g/mol. The van der Waals surface area contributed by atoms with Crippen LogP contribution in [-0.4, -0.2) is 26.1 Å². The molecule has 3 nitrogen and oxygen atoms in total. The first-order chi connectivity index (χ1) is 11.2. The van der Waals surface area contributed by atoms with Crippen molar-refractivity contribution in [2.24, 2.45) is 0 Å². The molecule has 0 amide bonds. The normalized spacial score (nSPS) is 16.3. The van der Waals surface area contributed by atoms with Crippen LogP contribution in [0, 0.1) is 11.6 Å². The lowest BCUT2D eigenvalue weighted by Gasteiger charge is -2.07. The largest absolute Gasteiger partial charge is 0.468 e. The Morgan fingerprint density at radius 3 is 2.35 bits per heavy atom. The van der Waals surface area contributed by atoms with Crippen LogP contribution in [0.4, 0.5) is 8.78 Å². The molecule has 0 spiro atoms. The molecule has 0 bridgehead atoms. The maximum atomic E-state index is 13.1. The average molecular weight is 320 g/mol. The third kappa shape index (κ3) is 5.01. The molecule has 0 saturated carbocycles. The summed E-state index contributed by atoms with van der Waals surface area (Å²) >= 11 is 0. The third-order valence-corrected chi connectivity index (χ3v) is 3.62. The quantitative estimate of drug-likeness (QED) is 0.424. The number of aryl methyl sites for hydroxylation is 2. The van der Waals surface area contributed by atoms with Crippen molar-refractivity contribution >= 4 is 0 Å². The number of rotatable bonds is 8. The summed E-state index contributed by atoms with van der Waals surface area (Å²) in [6.45, 7) is 1.53. The van der Waals surface area contributed by atoms with Gasteiger partial charge in [-0.2, -0.15) is 0 Å². The van der Waals surface area contributed by atoms with Gasteiger partial charge >= 0.3 is 0 Å². The second kappa shape index (κ2) is 7.53. The molecule has 1 fully saturated rings. The van der Waals surface area contributed by atoms with Gasteiger partial charge in [0.25, 0.3) is 0 Å². The monoisotopic (exact) mass is 320 g/mol. The lowest BCUT2D eigenvalue weighted by Crippen LogP contribution is -2.07. The molecule has 2 aromatic rings. The maximum absolute atomic E-state index is 13.1. The molecular formula is C18H18F2O3. The average Bonchev–Trinajstić information content (AvgIpc) is 3.38. The highest BCUT2D eigenvalue weighted by Crippen LogP contribution is 2.16. The summed E-state index contributed by atoms with van der Waals surface area (Å²) in [6, 6.07) is 11.7. The minimum absolute atomic E-state index is 0.202. The lowest BCUT2D eigenvalue weighted by molar-refractivity contribution is 0.00821. The highest BCUT2D eigenvalue weighted by atomic mass is 19.2. The van der Waals surface area contributed by atoms with Crippen molar-refractivity contribution in [2.75, 3.05) is 20.0 Å². The van der Waals surface area contributed by atoms with E-state index in [9.17, 15) is 8.78 Å². The molecule has 2 aromatic carbocycles. The molecule has 5 heteroatoms. The molecule has 23 heavy (non-hydrogen) atoms. The van der Waals surface area contributed by atoms with E-state index in [1.807, 2.05) is 24.3 Å². The minimum atomic E-state index is -0.814. The Balaban J connectivity index is 1.43. The first-order valence-electron chi connectivity index (χ1n) is 7.56. The molecule has 1 aliphatic rings. The van der Waals surface area contributed by atoms with E-state index < -0.39 is 11.6 Å². The predicted octanol–water partition coefficient (Wildman–Crippen LogP) is 3.50. The van der Waals surface area contributed by atoms with Gasteiger partial charge in [0.05, 0.1) is 13.2 Å². The molecule has 3 rings (SSSR count). The van der Waals surface area contributed by atoms with E-state index in [0.717, 1.165) is 36.0 Å². The Hall–Kier alpha value is -1.98. The summed E-state index contributed by atoms with van der Waals surface area (Å²) in [4.78, 5) is 0. The number of epoxide rings is 1. The maximum Gasteiger partial charge on any atom is 0.189 e. The van der Waals surface area contributed by atoms with Gasteiger partial charge in [-0.25, -0.2) is 8.78 Å². The van der Waals surface area contributed by atoms with E-state index in [0.29, 0.717) is 13.0 Å². The van der Waals surface area contributed by atoms with E-state index in [1.165, 1.54) is 6.07 Å². The van der Waals surface area contributed by atoms with E-state index in [2.05, 4.69) is 0 Å². The van der Waals surface area contributed by atoms with Gasteiger partial charge in [-0.15, -0.1) is 0 Å². The fraction of sp³-hybridized carbons (Fsp3) is 0.333. The van der Waals surface area contributed by atoms with Crippen LogP contribution < -0.4 is 4.74 Å². The highest BCUT2D eigenvalue weighted by Gasteiger charge is 2.22. The van der Waals surface area contributed by atoms with Crippen LogP contribution in [0.25, 0.3) is 0 Å². The molecule has 1 heterocycles. The van der Waals surface area contributed by atoms with Crippen LogP contribution in [0.5, 0.6) is 5.75 Å². The van der Waals surface area contributed by atoms with Crippen molar-refractivity contribution in [1.29, 1.82) is 0 Å². The van der Waals surface area contributed by atoms with Gasteiger partial charge in [0.15, 0.2) is 18.4 Å². The van der Waals surface area contributed by atoms with Gasteiger partial charge in [-0.05, 0) is 48.2 Å². The Labute approximate surface area is 133 Å². The Bertz CT molecular complexity index is 639. The number of halogens is 2. The first kappa shape index (κ1) is 15.9. The summed E-state index contributed by atoms with van der Waals surface area (Å²) in [6.07, 6.45) is 1.64. The molecule has 1 atom stereocenters. The fourth-order valence-corrected chi connectivity index (χ4v) is 2.19. The zero-order chi connectivity index (χ0) is 16.1. The Morgan fingerprint density at radius 2 is 1.65 bits per heavy atom. The van der Waals surface area contributed by atoms with Crippen molar-refractivity contribution in [2.45, 2.75) is 18.9 Å². The van der Waals surface area contributed by atoms with Crippen LogP contribution in [-0.2, 0) is 22.3 Å². The highest BCUT2D eigenvalue weighted by molar-refractivity contribution is 5.28. The van der Waals surface area contributed by atoms with E-state index in [4.69, 9.17) is 14.2 Å². The van der Waals surface area contributed by atoms with Gasteiger partial charge in [-0.1, -0.05) is 18.2 Å². The lowest BCUT2D eigenvalue weighted by atomic mass is 10.0. The predicted molar refractivity (Wildman–Crippen MR) is 81.4 cm³/mol. The number of hydrogen-bond acceptors (Lipinski definition) is 3. The van der Waals surface area contributed by atoms with Gasteiger partial charge in [0.1, 0.15) is 11.9 Å². The first-order valence-corrected chi connectivity index (χ1v) is 7.56.